The second-order valence-corrected chi connectivity index (χ2v) is 4.16. The van der Waals surface area contributed by atoms with E-state index in [0.717, 1.165) is 0 Å². The van der Waals surface area contributed by atoms with Crippen molar-refractivity contribution in [3.05, 3.63) is 62.5 Å². The van der Waals surface area contributed by atoms with Crippen molar-refractivity contribution in [3.63, 3.8) is 0 Å². The molecule has 2 aromatic rings. The van der Waals surface area contributed by atoms with Crippen LogP contribution in [0.4, 0.5) is 4.39 Å². The molecule has 0 aliphatic rings. The fraction of sp³-hybridized carbons (Fsp3) is 0.0909. The van der Waals surface area contributed by atoms with E-state index in [2.05, 4.69) is 4.98 Å². The van der Waals surface area contributed by atoms with Gasteiger partial charge in [0.1, 0.15) is 5.82 Å². The van der Waals surface area contributed by atoms with Gasteiger partial charge in [-0.1, -0.05) is 29.3 Å². The standard InChI is InChI=1S/C11H7Cl2FN2O/c12-8-5-7(1-2-9(8)14)6-16-4-3-15-10(13)11(16)17/h1-5H,6H2. The van der Waals surface area contributed by atoms with Crippen molar-refractivity contribution in [3.8, 4) is 0 Å². The number of hydrogen-bond acceptors (Lipinski definition) is 2. The Hall–Kier alpha value is -1.39. The molecule has 1 aromatic heterocycles. The number of aromatic nitrogens is 2. The summed E-state index contributed by atoms with van der Waals surface area (Å²) in [5.41, 5.74) is 0.315. The first kappa shape index (κ1) is 12.1. The summed E-state index contributed by atoms with van der Waals surface area (Å²) in [6.45, 7) is 0.265. The second-order valence-electron chi connectivity index (χ2n) is 3.40. The number of rotatable bonds is 2. The third-order valence-corrected chi connectivity index (χ3v) is 2.76. The monoisotopic (exact) mass is 272 g/mol. The summed E-state index contributed by atoms with van der Waals surface area (Å²) in [4.78, 5) is 15.2. The molecule has 0 fully saturated rings. The summed E-state index contributed by atoms with van der Waals surface area (Å²) in [6, 6.07) is 4.28. The van der Waals surface area contributed by atoms with E-state index in [1.165, 1.54) is 29.1 Å². The highest BCUT2D eigenvalue weighted by molar-refractivity contribution is 6.30. The van der Waals surface area contributed by atoms with E-state index in [4.69, 9.17) is 23.2 Å². The Kier molecular flexibility index (Phi) is 3.45. The molecule has 0 atom stereocenters. The molecule has 3 nitrogen and oxygen atoms in total. The number of benzene rings is 1. The van der Waals surface area contributed by atoms with Crippen molar-refractivity contribution in [2.45, 2.75) is 6.54 Å². The van der Waals surface area contributed by atoms with E-state index in [0.29, 0.717) is 5.56 Å². The van der Waals surface area contributed by atoms with Gasteiger partial charge in [-0.25, -0.2) is 9.37 Å². The van der Waals surface area contributed by atoms with Crippen LogP contribution >= 0.6 is 23.2 Å². The van der Waals surface area contributed by atoms with Crippen molar-refractivity contribution in [1.29, 1.82) is 0 Å². The first-order valence-electron chi connectivity index (χ1n) is 4.73. The average Bonchev–Trinajstić information content (AvgIpc) is 2.30. The van der Waals surface area contributed by atoms with Gasteiger partial charge in [0.2, 0.25) is 0 Å². The highest BCUT2D eigenvalue weighted by Gasteiger charge is 2.05. The fourth-order valence-electron chi connectivity index (χ4n) is 1.38. The Bertz CT molecular complexity index is 613. The molecule has 0 spiro atoms. The van der Waals surface area contributed by atoms with Gasteiger partial charge >= 0.3 is 0 Å². The summed E-state index contributed by atoms with van der Waals surface area (Å²) in [5, 5.41) is -0.0728. The van der Waals surface area contributed by atoms with E-state index in [1.807, 2.05) is 0 Å². The maximum absolute atomic E-state index is 12.9. The smallest absolute Gasteiger partial charge is 0.288 e. The molecule has 88 valence electrons. The van der Waals surface area contributed by atoms with Crippen LogP contribution in [0.5, 0.6) is 0 Å². The van der Waals surface area contributed by atoms with Crippen molar-refractivity contribution >= 4 is 23.2 Å². The number of nitrogens with zero attached hydrogens (tertiary/aromatic N) is 2. The molecular formula is C11H7Cl2FN2O. The van der Waals surface area contributed by atoms with Gasteiger partial charge in [0.25, 0.3) is 5.56 Å². The largest absolute Gasteiger partial charge is 0.307 e. The van der Waals surface area contributed by atoms with E-state index < -0.39 is 11.4 Å². The summed E-state index contributed by atoms with van der Waals surface area (Å²) in [7, 11) is 0. The third kappa shape index (κ3) is 2.65. The van der Waals surface area contributed by atoms with Crippen LogP contribution in [-0.4, -0.2) is 9.55 Å². The molecule has 0 radical (unpaired) electrons. The van der Waals surface area contributed by atoms with Gasteiger partial charge in [-0.3, -0.25) is 4.79 Å². The third-order valence-electron chi connectivity index (χ3n) is 2.21. The van der Waals surface area contributed by atoms with E-state index >= 15 is 0 Å². The van der Waals surface area contributed by atoms with Crippen LogP contribution in [0, 0.1) is 5.82 Å². The van der Waals surface area contributed by atoms with Crippen LogP contribution in [0.1, 0.15) is 5.56 Å². The second kappa shape index (κ2) is 4.85. The van der Waals surface area contributed by atoms with Crippen LogP contribution in [0.25, 0.3) is 0 Å². The number of halogens is 3. The molecule has 17 heavy (non-hydrogen) atoms. The molecule has 0 amide bonds. The predicted octanol–water partition coefficient (Wildman–Crippen LogP) is 2.74. The quantitative estimate of drug-likeness (QED) is 0.843. The van der Waals surface area contributed by atoms with Gasteiger partial charge in [-0.2, -0.15) is 0 Å². The van der Waals surface area contributed by atoms with Crippen molar-refractivity contribution in [1.82, 2.24) is 9.55 Å². The maximum Gasteiger partial charge on any atom is 0.288 e. The Balaban J connectivity index is 2.35. The molecule has 0 N–H and O–H groups in total. The molecule has 0 aliphatic heterocycles. The van der Waals surface area contributed by atoms with Crippen LogP contribution < -0.4 is 5.56 Å². The minimum Gasteiger partial charge on any atom is -0.307 e. The summed E-state index contributed by atoms with van der Waals surface area (Å²) in [5.74, 6) is -0.490. The van der Waals surface area contributed by atoms with Gasteiger partial charge in [0, 0.05) is 12.4 Å². The van der Waals surface area contributed by atoms with Gasteiger partial charge in [-0.05, 0) is 17.7 Å². The first-order valence-corrected chi connectivity index (χ1v) is 5.48. The zero-order valence-corrected chi connectivity index (χ0v) is 10.0. The number of hydrogen-bond donors (Lipinski definition) is 0. The molecule has 2 rings (SSSR count). The Morgan fingerprint density at radius 3 is 2.82 bits per heavy atom. The van der Waals surface area contributed by atoms with E-state index in [9.17, 15) is 9.18 Å². The van der Waals surface area contributed by atoms with Gasteiger partial charge in [0.05, 0.1) is 11.6 Å². The van der Waals surface area contributed by atoms with Gasteiger partial charge in [0.15, 0.2) is 5.15 Å². The highest BCUT2D eigenvalue weighted by atomic mass is 35.5. The topological polar surface area (TPSA) is 34.9 Å². The van der Waals surface area contributed by atoms with Crippen molar-refractivity contribution in [2.24, 2.45) is 0 Å². The van der Waals surface area contributed by atoms with Crippen LogP contribution in [0.3, 0.4) is 0 Å². The molecular weight excluding hydrogens is 266 g/mol. The maximum atomic E-state index is 12.9. The SMILES string of the molecule is O=c1c(Cl)nccn1Cc1ccc(F)c(Cl)c1. The molecule has 1 heterocycles. The Morgan fingerprint density at radius 2 is 2.12 bits per heavy atom. The van der Waals surface area contributed by atoms with E-state index in [-0.39, 0.29) is 16.7 Å². The molecule has 6 heteroatoms. The van der Waals surface area contributed by atoms with E-state index in [1.54, 1.807) is 6.07 Å². The summed E-state index contributed by atoms with van der Waals surface area (Å²) in [6.07, 6.45) is 2.93. The molecule has 1 aromatic carbocycles. The lowest BCUT2D eigenvalue weighted by Gasteiger charge is -2.06. The summed E-state index contributed by atoms with van der Waals surface area (Å²) < 4.78 is 14.3. The lowest BCUT2D eigenvalue weighted by molar-refractivity contribution is 0.626. The molecule has 0 saturated carbocycles. The predicted molar refractivity (Wildman–Crippen MR) is 64.0 cm³/mol. The van der Waals surface area contributed by atoms with Gasteiger partial charge < -0.3 is 4.57 Å². The van der Waals surface area contributed by atoms with Crippen molar-refractivity contribution in [2.75, 3.05) is 0 Å². The minimum absolute atomic E-state index is 0.0238. The van der Waals surface area contributed by atoms with Crippen molar-refractivity contribution < 1.29 is 4.39 Å². The Morgan fingerprint density at radius 1 is 1.35 bits per heavy atom. The first-order chi connectivity index (χ1) is 8.08. The zero-order valence-electron chi connectivity index (χ0n) is 8.53. The fourth-order valence-corrected chi connectivity index (χ4v) is 1.75. The molecule has 0 unspecified atom stereocenters. The minimum atomic E-state index is -0.490. The summed E-state index contributed by atoms with van der Waals surface area (Å²) >= 11 is 11.3. The molecule has 0 aliphatic carbocycles. The Labute approximate surface area is 106 Å². The molecule has 0 saturated heterocycles. The lowest BCUT2D eigenvalue weighted by Crippen LogP contribution is -2.21. The highest BCUT2D eigenvalue weighted by Crippen LogP contribution is 2.16. The van der Waals surface area contributed by atoms with Crippen LogP contribution in [-0.2, 0) is 6.54 Å². The van der Waals surface area contributed by atoms with Gasteiger partial charge in [-0.15, -0.1) is 0 Å². The lowest BCUT2D eigenvalue weighted by atomic mass is 10.2. The average molecular weight is 273 g/mol. The molecule has 0 bridgehead atoms. The van der Waals surface area contributed by atoms with Crippen LogP contribution in [0.2, 0.25) is 10.2 Å². The normalized spacial score (nSPS) is 10.5. The van der Waals surface area contributed by atoms with Crippen LogP contribution in [0.15, 0.2) is 35.4 Å². The zero-order chi connectivity index (χ0) is 12.4.